The van der Waals surface area contributed by atoms with Crippen molar-refractivity contribution in [1.82, 2.24) is 0 Å². The Morgan fingerprint density at radius 3 is 2.33 bits per heavy atom. The van der Waals surface area contributed by atoms with Gasteiger partial charge in [-0.15, -0.1) is 0 Å². The van der Waals surface area contributed by atoms with Gasteiger partial charge in [-0.05, 0) is 43.0 Å². The average molecular weight is 242 g/mol. The van der Waals surface area contributed by atoms with Crippen LogP contribution in [0.25, 0.3) is 0 Å². The average Bonchev–Trinajstić information content (AvgIpc) is 2.38. The molecule has 2 heteroatoms. The fourth-order valence-electron chi connectivity index (χ4n) is 2.01. The number of carbonyl (C=O) groups is 1. The molecule has 0 N–H and O–H groups in total. The van der Waals surface area contributed by atoms with E-state index in [2.05, 4.69) is 0 Å². The molecule has 0 aliphatic rings. The van der Waals surface area contributed by atoms with Gasteiger partial charge in [0.15, 0.2) is 5.78 Å². The topological polar surface area (TPSA) is 17.1 Å². The lowest BCUT2D eigenvalue weighted by Gasteiger charge is -2.06. The number of carbonyl (C=O) groups excluding carboxylic acids is 1. The number of hydrogen-bond donors (Lipinski definition) is 0. The van der Waals surface area contributed by atoms with Gasteiger partial charge in [0.05, 0.1) is 0 Å². The second-order valence-corrected chi connectivity index (χ2v) is 4.34. The van der Waals surface area contributed by atoms with Crippen LogP contribution in [0.4, 0.5) is 4.39 Å². The molecule has 92 valence electrons. The maximum Gasteiger partial charge on any atom is 0.160 e. The Morgan fingerprint density at radius 2 is 1.67 bits per heavy atom. The number of Topliss-reactive ketones (excluding diaryl/α,β-unsaturated/α-hetero) is 1. The Balaban J connectivity index is 2.10. The third kappa shape index (κ3) is 3.04. The van der Waals surface area contributed by atoms with Gasteiger partial charge in [-0.25, -0.2) is 4.39 Å². The van der Waals surface area contributed by atoms with Crippen molar-refractivity contribution in [3.63, 3.8) is 0 Å². The van der Waals surface area contributed by atoms with Gasteiger partial charge in [0.1, 0.15) is 5.82 Å². The monoisotopic (exact) mass is 242 g/mol. The lowest BCUT2D eigenvalue weighted by molar-refractivity contribution is 0.101. The molecule has 0 atom stereocenters. The highest BCUT2D eigenvalue weighted by Crippen LogP contribution is 2.13. The second-order valence-electron chi connectivity index (χ2n) is 4.34. The van der Waals surface area contributed by atoms with Crippen LogP contribution in [0.1, 0.15) is 28.4 Å². The van der Waals surface area contributed by atoms with Gasteiger partial charge in [0.2, 0.25) is 0 Å². The molecular weight excluding hydrogens is 227 g/mol. The molecule has 18 heavy (non-hydrogen) atoms. The van der Waals surface area contributed by atoms with E-state index in [0.29, 0.717) is 0 Å². The van der Waals surface area contributed by atoms with Gasteiger partial charge in [-0.1, -0.05) is 36.4 Å². The molecule has 0 radical (unpaired) electrons. The normalized spacial score (nSPS) is 10.3. The summed E-state index contributed by atoms with van der Waals surface area (Å²) in [5.41, 5.74) is 2.91. The minimum absolute atomic E-state index is 0.0877. The largest absolute Gasteiger partial charge is 0.295 e. The van der Waals surface area contributed by atoms with Crippen molar-refractivity contribution in [3.8, 4) is 0 Å². The van der Waals surface area contributed by atoms with Crippen molar-refractivity contribution in [3.05, 3.63) is 71.0 Å². The van der Waals surface area contributed by atoms with Crippen molar-refractivity contribution in [2.24, 2.45) is 0 Å². The maximum atomic E-state index is 12.8. The van der Waals surface area contributed by atoms with Gasteiger partial charge < -0.3 is 0 Å². The molecule has 0 unspecified atom stereocenters. The van der Waals surface area contributed by atoms with E-state index < -0.39 is 0 Å². The van der Waals surface area contributed by atoms with Crippen LogP contribution >= 0.6 is 0 Å². The number of rotatable bonds is 4. The number of halogens is 1. The zero-order valence-corrected chi connectivity index (χ0v) is 10.3. The van der Waals surface area contributed by atoms with E-state index in [0.717, 1.165) is 29.5 Å². The summed E-state index contributed by atoms with van der Waals surface area (Å²) in [5, 5.41) is 0. The Bertz CT molecular complexity index is 543. The van der Waals surface area contributed by atoms with Crippen molar-refractivity contribution < 1.29 is 9.18 Å². The third-order valence-corrected chi connectivity index (χ3v) is 2.99. The summed E-state index contributed by atoms with van der Waals surface area (Å²) in [6.07, 6.45) is 1.60. The summed E-state index contributed by atoms with van der Waals surface area (Å²) < 4.78 is 12.8. The van der Waals surface area contributed by atoms with Crippen molar-refractivity contribution >= 4 is 5.78 Å². The fourth-order valence-corrected chi connectivity index (χ4v) is 2.01. The van der Waals surface area contributed by atoms with Crippen LogP contribution in [0.5, 0.6) is 0 Å². The van der Waals surface area contributed by atoms with Gasteiger partial charge in [0.25, 0.3) is 0 Å². The van der Waals surface area contributed by atoms with Gasteiger partial charge in [0, 0.05) is 5.56 Å². The summed E-state index contributed by atoms with van der Waals surface area (Å²) in [4.78, 5) is 11.5. The van der Waals surface area contributed by atoms with Crippen LogP contribution < -0.4 is 0 Å². The highest BCUT2D eigenvalue weighted by Gasteiger charge is 2.06. The smallest absolute Gasteiger partial charge is 0.160 e. The predicted molar refractivity (Wildman–Crippen MR) is 70.3 cm³/mol. The molecule has 0 aromatic heterocycles. The van der Waals surface area contributed by atoms with Gasteiger partial charge >= 0.3 is 0 Å². The molecule has 2 rings (SSSR count). The van der Waals surface area contributed by atoms with Gasteiger partial charge in [-0.3, -0.25) is 4.79 Å². The molecule has 0 fully saturated rings. The predicted octanol–water partition coefficient (Wildman–Crippen LogP) is 3.81. The summed E-state index contributed by atoms with van der Waals surface area (Å²) >= 11 is 0. The highest BCUT2D eigenvalue weighted by atomic mass is 19.1. The quantitative estimate of drug-likeness (QED) is 0.745. The molecule has 0 heterocycles. The molecule has 0 bridgehead atoms. The number of hydrogen-bond acceptors (Lipinski definition) is 1. The first-order valence-electron chi connectivity index (χ1n) is 6.00. The summed E-state index contributed by atoms with van der Waals surface area (Å²) in [7, 11) is 0. The number of aryl methyl sites for hydroxylation is 2. The molecule has 0 aliphatic carbocycles. The van der Waals surface area contributed by atoms with Crippen LogP contribution in [0.15, 0.2) is 48.5 Å². The molecule has 0 aliphatic heterocycles. The molecule has 2 aromatic carbocycles. The SMILES string of the molecule is CC(=O)c1ccccc1CCc1ccc(F)cc1. The maximum absolute atomic E-state index is 12.8. The van der Waals surface area contributed by atoms with E-state index in [1.165, 1.54) is 12.1 Å². The first kappa shape index (κ1) is 12.5. The van der Waals surface area contributed by atoms with E-state index in [1.54, 1.807) is 19.1 Å². The Morgan fingerprint density at radius 1 is 1.00 bits per heavy atom. The lowest BCUT2D eigenvalue weighted by Crippen LogP contribution is -2.01. The summed E-state index contributed by atoms with van der Waals surface area (Å²) in [5.74, 6) is -0.132. The van der Waals surface area contributed by atoms with Crippen molar-refractivity contribution in [2.45, 2.75) is 19.8 Å². The lowest BCUT2D eigenvalue weighted by atomic mass is 9.98. The molecule has 0 amide bonds. The molecule has 0 spiro atoms. The Labute approximate surface area is 106 Å². The molecular formula is C16H15FO. The third-order valence-electron chi connectivity index (χ3n) is 2.99. The summed E-state index contributed by atoms with van der Waals surface area (Å²) in [6, 6.07) is 14.1. The van der Waals surface area contributed by atoms with E-state index in [-0.39, 0.29) is 11.6 Å². The second kappa shape index (κ2) is 5.58. The van der Waals surface area contributed by atoms with Crippen LogP contribution in [0.3, 0.4) is 0 Å². The highest BCUT2D eigenvalue weighted by molar-refractivity contribution is 5.95. The molecule has 0 saturated carbocycles. The fraction of sp³-hybridized carbons (Fsp3) is 0.188. The van der Waals surface area contributed by atoms with E-state index >= 15 is 0 Å². The molecule has 2 aromatic rings. The number of ketones is 1. The first-order valence-corrected chi connectivity index (χ1v) is 6.00. The zero-order valence-electron chi connectivity index (χ0n) is 10.3. The van der Waals surface area contributed by atoms with E-state index in [1.807, 2.05) is 24.3 Å². The van der Waals surface area contributed by atoms with E-state index in [4.69, 9.17) is 0 Å². The van der Waals surface area contributed by atoms with Crippen LogP contribution in [0, 0.1) is 5.82 Å². The standard InChI is InChI=1S/C16H15FO/c1-12(18)16-5-3-2-4-14(16)9-6-13-7-10-15(17)11-8-13/h2-5,7-8,10-11H,6,9H2,1H3. The van der Waals surface area contributed by atoms with Gasteiger partial charge in [-0.2, -0.15) is 0 Å². The molecule has 0 saturated heterocycles. The van der Waals surface area contributed by atoms with Crippen LogP contribution in [0.2, 0.25) is 0 Å². The first-order chi connectivity index (χ1) is 8.66. The Kier molecular flexibility index (Phi) is 3.88. The van der Waals surface area contributed by atoms with Crippen molar-refractivity contribution in [2.75, 3.05) is 0 Å². The van der Waals surface area contributed by atoms with Crippen LogP contribution in [-0.2, 0) is 12.8 Å². The minimum atomic E-state index is -0.220. The number of benzene rings is 2. The molecule has 1 nitrogen and oxygen atoms in total. The zero-order chi connectivity index (χ0) is 13.0. The minimum Gasteiger partial charge on any atom is -0.295 e. The van der Waals surface area contributed by atoms with E-state index in [9.17, 15) is 9.18 Å². The van der Waals surface area contributed by atoms with Crippen LogP contribution in [-0.4, -0.2) is 5.78 Å². The Hall–Kier alpha value is -1.96. The summed E-state index contributed by atoms with van der Waals surface area (Å²) in [6.45, 7) is 1.58. The van der Waals surface area contributed by atoms with Crippen molar-refractivity contribution in [1.29, 1.82) is 0 Å².